The lowest BCUT2D eigenvalue weighted by Gasteiger charge is -2.42. The number of primary amides is 1. The Hall–Kier alpha value is -3.28. The number of rotatable bonds is 7. The Morgan fingerprint density at radius 1 is 1.12 bits per heavy atom. The number of alkyl halides is 5. The highest BCUT2D eigenvalue weighted by Gasteiger charge is 2.76. The molecule has 2 amide bonds. The Morgan fingerprint density at radius 3 is 2.20 bits per heavy atom. The molecule has 4 aliphatic rings. The van der Waals surface area contributed by atoms with Gasteiger partial charge in [0.1, 0.15) is 5.41 Å². The van der Waals surface area contributed by atoms with E-state index in [0.29, 0.717) is 23.3 Å². The number of carbonyl (C=O) groups excluding carboxylic acids is 2. The molecule has 3 aliphatic carbocycles. The lowest BCUT2D eigenvalue weighted by Crippen LogP contribution is -2.61. The Kier molecular flexibility index (Phi) is 6.08. The van der Waals surface area contributed by atoms with E-state index in [4.69, 9.17) is 5.73 Å². The molecular weight excluding hydrogens is 565 g/mol. The maximum absolute atomic E-state index is 14.0. The number of likely N-dealkylation sites (tertiary alicyclic amines) is 1. The zero-order valence-electron chi connectivity index (χ0n) is 20.7. The van der Waals surface area contributed by atoms with Gasteiger partial charge in [0.05, 0.1) is 46.2 Å². The van der Waals surface area contributed by atoms with Gasteiger partial charge in [-0.15, -0.1) is 0 Å². The average Bonchev–Trinajstić information content (AvgIpc) is 3.77. The molecule has 4 fully saturated rings. The van der Waals surface area contributed by atoms with Crippen LogP contribution in [0, 0.1) is 34.0 Å². The van der Waals surface area contributed by atoms with Crippen molar-refractivity contribution in [2.45, 2.75) is 60.3 Å². The standard InChI is InChI=1S/C25H24F5N3O6S/c26-23(27)10-33(11-23)19(34)16-6-14(7-24(16,21(36)37)18-8-22(18,9-31)20(32)35)40(38,39)17-4-3-13(12-1-2-12)5-15(17)25(28,29)30/h3-5,12,14,16,18H,1-2,6-8,10-11H2,(H2,32,35)(H,36,37)/t14-,16+,18?,22?,24+/m1/s1. The number of hydrogen-bond donors (Lipinski definition) is 2. The first-order valence-corrected chi connectivity index (χ1v) is 14.0. The van der Waals surface area contributed by atoms with Gasteiger partial charge in [-0.05, 0) is 55.7 Å². The summed E-state index contributed by atoms with van der Waals surface area (Å²) in [4.78, 5) is 37.8. The molecule has 216 valence electrons. The van der Waals surface area contributed by atoms with Crippen LogP contribution in [0.2, 0.25) is 0 Å². The third-order valence-electron chi connectivity index (χ3n) is 8.86. The smallest absolute Gasteiger partial charge is 0.417 e. The van der Waals surface area contributed by atoms with Crippen LogP contribution >= 0.6 is 0 Å². The average molecular weight is 590 g/mol. The number of carbonyl (C=O) groups is 3. The van der Waals surface area contributed by atoms with Crippen molar-refractivity contribution in [1.29, 1.82) is 5.26 Å². The second-order valence-electron chi connectivity index (χ2n) is 11.3. The minimum absolute atomic E-state index is 0.136. The quantitative estimate of drug-likeness (QED) is 0.463. The van der Waals surface area contributed by atoms with E-state index in [9.17, 15) is 55.1 Å². The number of hydrogen-bond acceptors (Lipinski definition) is 6. The van der Waals surface area contributed by atoms with Crippen molar-refractivity contribution in [2.24, 2.45) is 28.4 Å². The summed E-state index contributed by atoms with van der Waals surface area (Å²) in [7, 11) is -4.95. The number of benzene rings is 1. The van der Waals surface area contributed by atoms with E-state index in [0.717, 1.165) is 12.1 Å². The van der Waals surface area contributed by atoms with E-state index in [1.165, 1.54) is 6.07 Å². The molecule has 40 heavy (non-hydrogen) atoms. The third kappa shape index (κ3) is 4.13. The van der Waals surface area contributed by atoms with Gasteiger partial charge in [0.25, 0.3) is 5.92 Å². The van der Waals surface area contributed by atoms with Gasteiger partial charge in [-0.2, -0.15) is 18.4 Å². The Morgan fingerprint density at radius 2 is 1.75 bits per heavy atom. The van der Waals surface area contributed by atoms with Crippen LogP contribution < -0.4 is 5.73 Å². The van der Waals surface area contributed by atoms with Crippen molar-refractivity contribution >= 4 is 27.6 Å². The number of amides is 2. The number of nitrogens with two attached hydrogens (primary N) is 1. The largest absolute Gasteiger partial charge is 0.481 e. The van der Waals surface area contributed by atoms with Gasteiger partial charge in [-0.3, -0.25) is 14.4 Å². The van der Waals surface area contributed by atoms with Gasteiger partial charge < -0.3 is 15.7 Å². The molecule has 9 nitrogen and oxygen atoms in total. The summed E-state index contributed by atoms with van der Waals surface area (Å²) in [5, 5.41) is 18.2. The molecule has 3 N–H and O–H groups in total. The number of sulfone groups is 1. The van der Waals surface area contributed by atoms with E-state index in [1.54, 1.807) is 6.07 Å². The third-order valence-corrected chi connectivity index (χ3v) is 11.1. The molecule has 5 atom stereocenters. The van der Waals surface area contributed by atoms with Crippen LogP contribution in [0.4, 0.5) is 22.0 Å². The molecule has 1 saturated heterocycles. The summed E-state index contributed by atoms with van der Waals surface area (Å²) in [6, 6.07) is 4.48. The zero-order chi connectivity index (χ0) is 29.6. The minimum atomic E-state index is -5.08. The molecule has 0 bridgehead atoms. The number of halogens is 5. The van der Waals surface area contributed by atoms with Gasteiger partial charge in [-0.25, -0.2) is 17.2 Å². The summed E-state index contributed by atoms with van der Waals surface area (Å²) >= 11 is 0. The molecular formula is C25H24F5N3O6S. The first kappa shape index (κ1) is 28.3. The van der Waals surface area contributed by atoms with Gasteiger partial charge in [0.15, 0.2) is 9.84 Å². The number of nitrogens with zero attached hydrogens (tertiary/aromatic N) is 2. The highest BCUT2D eigenvalue weighted by Crippen LogP contribution is 2.68. The predicted molar refractivity (Wildman–Crippen MR) is 124 cm³/mol. The Balaban J connectivity index is 1.59. The first-order valence-electron chi connectivity index (χ1n) is 12.5. The second kappa shape index (κ2) is 8.61. The number of aliphatic carboxylic acids is 1. The van der Waals surface area contributed by atoms with Crippen molar-refractivity contribution in [3.8, 4) is 6.07 Å². The van der Waals surface area contributed by atoms with Crippen molar-refractivity contribution in [3.63, 3.8) is 0 Å². The van der Waals surface area contributed by atoms with Crippen LogP contribution in [0.25, 0.3) is 0 Å². The van der Waals surface area contributed by atoms with E-state index >= 15 is 0 Å². The molecule has 1 heterocycles. The fourth-order valence-corrected chi connectivity index (χ4v) is 8.53. The molecule has 5 rings (SSSR count). The summed E-state index contributed by atoms with van der Waals surface area (Å²) in [6.07, 6.45) is -5.92. The number of nitriles is 1. The number of carboxylic acids is 1. The van der Waals surface area contributed by atoms with Gasteiger partial charge in [-0.1, -0.05) is 6.07 Å². The molecule has 2 unspecified atom stereocenters. The van der Waals surface area contributed by atoms with E-state index in [1.807, 2.05) is 0 Å². The molecule has 3 saturated carbocycles. The first-order chi connectivity index (χ1) is 18.4. The van der Waals surface area contributed by atoms with Crippen LogP contribution in [-0.2, 0) is 30.4 Å². The summed E-state index contributed by atoms with van der Waals surface area (Å²) in [5.41, 5.74) is -0.251. The van der Waals surface area contributed by atoms with E-state index in [-0.39, 0.29) is 5.92 Å². The van der Waals surface area contributed by atoms with Crippen molar-refractivity contribution < 1.29 is 49.9 Å². The van der Waals surface area contributed by atoms with Crippen LogP contribution in [0.5, 0.6) is 0 Å². The summed E-state index contributed by atoms with van der Waals surface area (Å²) < 4.78 is 96.7. The minimum Gasteiger partial charge on any atom is -0.481 e. The molecule has 1 aromatic carbocycles. The molecule has 0 radical (unpaired) electrons. The monoisotopic (exact) mass is 589 g/mol. The molecule has 15 heteroatoms. The fourth-order valence-electron chi connectivity index (χ4n) is 6.50. The van der Waals surface area contributed by atoms with Gasteiger partial charge in [0, 0.05) is 5.92 Å². The fraction of sp³-hybridized carbons (Fsp3) is 0.600. The molecule has 0 spiro atoms. The van der Waals surface area contributed by atoms with Gasteiger partial charge in [0.2, 0.25) is 11.8 Å². The predicted octanol–water partition coefficient (Wildman–Crippen LogP) is 2.70. The zero-order valence-corrected chi connectivity index (χ0v) is 21.6. The normalized spacial score (nSPS) is 33.1. The van der Waals surface area contributed by atoms with E-state index in [2.05, 4.69) is 0 Å². The van der Waals surface area contributed by atoms with Crippen molar-refractivity contribution in [3.05, 3.63) is 29.3 Å². The van der Waals surface area contributed by atoms with Crippen molar-refractivity contribution in [1.82, 2.24) is 4.90 Å². The molecule has 1 aromatic rings. The topological polar surface area (TPSA) is 159 Å². The maximum atomic E-state index is 14.0. The highest BCUT2D eigenvalue weighted by atomic mass is 32.2. The lowest BCUT2D eigenvalue weighted by molar-refractivity contribution is -0.177. The van der Waals surface area contributed by atoms with Crippen LogP contribution in [0.15, 0.2) is 23.1 Å². The molecule has 1 aliphatic heterocycles. The highest BCUT2D eigenvalue weighted by molar-refractivity contribution is 7.92. The van der Waals surface area contributed by atoms with Crippen LogP contribution in [-0.4, -0.2) is 60.5 Å². The molecule has 0 aromatic heterocycles. The van der Waals surface area contributed by atoms with Crippen LogP contribution in [0.3, 0.4) is 0 Å². The van der Waals surface area contributed by atoms with E-state index < -0.39 is 110 Å². The summed E-state index contributed by atoms with van der Waals surface area (Å²) in [6.45, 7) is -2.11. The van der Waals surface area contributed by atoms with Crippen molar-refractivity contribution in [2.75, 3.05) is 13.1 Å². The maximum Gasteiger partial charge on any atom is 0.417 e. The van der Waals surface area contributed by atoms with Gasteiger partial charge >= 0.3 is 12.1 Å². The Bertz CT molecular complexity index is 1460. The lowest BCUT2D eigenvalue weighted by atomic mass is 9.70. The number of carboxylic acid groups (broad SMARTS) is 1. The Labute approximate surface area is 225 Å². The summed E-state index contributed by atoms with van der Waals surface area (Å²) in [5.74, 6) is -10.7. The SMILES string of the molecule is N#CC1(C(N)=O)CC1[C@]1(C(=O)O)C[C@H](S(=O)(=O)c2ccc(C3CC3)cc2C(F)(F)F)C[C@H]1C(=O)N1CC(F)(F)C1. The second-order valence-corrected chi connectivity index (χ2v) is 13.5. The van der Waals surface area contributed by atoms with Crippen LogP contribution in [0.1, 0.15) is 49.1 Å².